The van der Waals surface area contributed by atoms with E-state index in [1.165, 1.54) is 0 Å². The lowest BCUT2D eigenvalue weighted by molar-refractivity contribution is 0.0705. The third-order valence-electron chi connectivity index (χ3n) is 5.86. The molecule has 1 fully saturated rings. The molecule has 1 aliphatic heterocycles. The van der Waals surface area contributed by atoms with Crippen molar-refractivity contribution in [2.45, 2.75) is 39.2 Å². The number of nitrogens with one attached hydrogen (secondary N) is 1. The molecule has 3 N–H and O–H groups in total. The number of likely N-dealkylation sites (tertiary alicyclic amines) is 1. The molecule has 3 aromatic rings. The predicted octanol–water partition coefficient (Wildman–Crippen LogP) is 3.19. The second-order valence-electron chi connectivity index (χ2n) is 7.71. The summed E-state index contributed by atoms with van der Waals surface area (Å²) in [4.78, 5) is 30.0. The van der Waals surface area contributed by atoms with E-state index in [0.717, 1.165) is 41.2 Å². The Hall–Kier alpha value is -3.22. The van der Waals surface area contributed by atoms with E-state index in [-0.39, 0.29) is 11.8 Å². The van der Waals surface area contributed by atoms with Crippen molar-refractivity contribution in [3.63, 3.8) is 0 Å². The molecule has 0 radical (unpaired) electrons. The standard InChI is InChI=1S/C22H26N4O3/c1-14-11-19(15(2)26(14)13-17-6-4-10-29-17)22(28)25-9-3-5-16(12-25)20-18(21(23)27)7-8-24-20/h4,6-8,10-11,16,24H,3,5,9,12-13H2,1-2H3,(H2,23,27). The number of hydrogen-bond acceptors (Lipinski definition) is 3. The van der Waals surface area contributed by atoms with Gasteiger partial charge in [0, 0.05) is 42.3 Å². The van der Waals surface area contributed by atoms with Gasteiger partial charge in [0.25, 0.3) is 11.8 Å². The molecule has 1 aliphatic rings. The fraction of sp³-hybridized carbons (Fsp3) is 0.364. The average Bonchev–Trinajstić information content (AvgIpc) is 3.45. The number of carbonyl (C=O) groups is 2. The van der Waals surface area contributed by atoms with Gasteiger partial charge in [-0.2, -0.15) is 0 Å². The molecule has 2 amide bonds. The molecule has 7 heteroatoms. The maximum atomic E-state index is 13.3. The van der Waals surface area contributed by atoms with Crippen molar-refractivity contribution >= 4 is 11.8 Å². The molecule has 3 aromatic heterocycles. The van der Waals surface area contributed by atoms with Gasteiger partial charge in [-0.3, -0.25) is 9.59 Å². The number of nitrogens with two attached hydrogens (primary N) is 1. The fourth-order valence-corrected chi connectivity index (χ4v) is 4.32. The van der Waals surface area contributed by atoms with E-state index in [1.807, 2.05) is 36.9 Å². The summed E-state index contributed by atoms with van der Waals surface area (Å²) in [6, 6.07) is 7.46. The van der Waals surface area contributed by atoms with Gasteiger partial charge in [-0.25, -0.2) is 0 Å². The van der Waals surface area contributed by atoms with E-state index in [0.29, 0.717) is 25.2 Å². The second kappa shape index (κ2) is 7.66. The number of H-pyrrole nitrogens is 1. The molecule has 1 unspecified atom stereocenters. The van der Waals surface area contributed by atoms with Gasteiger partial charge in [-0.05, 0) is 51.0 Å². The van der Waals surface area contributed by atoms with Crippen LogP contribution in [0.4, 0.5) is 0 Å². The smallest absolute Gasteiger partial charge is 0.255 e. The molecule has 0 bridgehead atoms. The van der Waals surface area contributed by atoms with Crippen molar-refractivity contribution < 1.29 is 14.0 Å². The lowest BCUT2D eigenvalue weighted by Gasteiger charge is -2.33. The Balaban J connectivity index is 1.55. The minimum atomic E-state index is -0.439. The monoisotopic (exact) mass is 394 g/mol. The molecule has 1 saturated heterocycles. The largest absolute Gasteiger partial charge is 0.467 e. The summed E-state index contributed by atoms with van der Waals surface area (Å²) < 4.78 is 7.56. The number of primary amides is 1. The highest BCUT2D eigenvalue weighted by atomic mass is 16.3. The summed E-state index contributed by atoms with van der Waals surface area (Å²) in [6.07, 6.45) is 5.20. The van der Waals surface area contributed by atoms with Crippen LogP contribution in [-0.2, 0) is 6.54 Å². The normalized spacial score (nSPS) is 16.9. The third kappa shape index (κ3) is 3.60. The Labute approximate surface area is 169 Å². The molecular weight excluding hydrogens is 368 g/mol. The predicted molar refractivity (Wildman–Crippen MR) is 109 cm³/mol. The fourth-order valence-electron chi connectivity index (χ4n) is 4.32. The summed E-state index contributed by atoms with van der Waals surface area (Å²) in [5, 5.41) is 0. The Morgan fingerprint density at radius 2 is 2.10 bits per heavy atom. The van der Waals surface area contributed by atoms with Crippen LogP contribution >= 0.6 is 0 Å². The molecule has 4 heterocycles. The van der Waals surface area contributed by atoms with Crippen LogP contribution in [-0.4, -0.2) is 39.4 Å². The van der Waals surface area contributed by atoms with Crippen LogP contribution in [0.15, 0.2) is 41.1 Å². The van der Waals surface area contributed by atoms with E-state index < -0.39 is 5.91 Å². The molecule has 0 aromatic carbocycles. The third-order valence-corrected chi connectivity index (χ3v) is 5.86. The number of aromatic nitrogens is 2. The Morgan fingerprint density at radius 1 is 1.28 bits per heavy atom. The SMILES string of the molecule is Cc1cc(C(=O)N2CCCC(c3[nH]ccc3C(N)=O)C2)c(C)n1Cc1ccco1. The molecule has 0 aliphatic carbocycles. The van der Waals surface area contributed by atoms with Crippen LogP contribution in [0.5, 0.6) is 0 Å². The minimum Gasteiger partial charge on any atom is -0.467 e. The Bertz CT molecular complexity index is 1030. The average molecular weight is 394 g/mol. The van der Waals surface area contributed by atoms with Crippen molar-refractivity contribution in [1.82, 2.24) is 14.5 Å². The topological polar surface area (TPSA) is 97.3 Å². The van der Waals surface area contributed by atoms with E-state index in [4.69, 9.17) is 10.2 Å². The molecule has 0 spiro atoms. The number of rotatable bonds is 5. The number of aryl methyl sites for hydroxylation is 1. The van der Waals surface area contributed by atoms with Gasteiger partial charge in [0.1, 0.15) is 5.76 Å². The van der Waals surface area contributed by atoms with Crippen LogP contribution in [0, 0.1) is 13.8 Å². The van der Waals surface area contributed by atoms with E-state index in [2.05, 4.69) is 9.55 Å². The lowest BCUT2D eigenvalue weighted by Crippen LogP contribution is -2.39. The van der Waals surface area contributed by atoms with Gasteiger partial charge < -0.3 is 24.6 Å². The summed E-state index contributed by atoms with van der Waals surface area (Å²) >= 11 is 0. The molecule has 4 rings (SSSR count). The highest BCUT2D eigenvalue weighted by Crippen LogP contribution is 2.30. The molecular formula is C22H26N4O3. The van der Waals surface area contributed by atoms with Gasteiger partial charge in [0.2, 0.25) is 0 Å². The molecule has 29 heavy (non-hydrogen) atoms. The molecule has 152 valence electrons. The Morgan fingerprint density at radius 3 is 2.83 bits per heavy atom. The van der Waals surface area contributed by atoms with E-state index in [1.54, 1.807) is 18.5 Å². The number of carbonyl (C=O) groups excluding carboxylic acids is 2. The van der Waals surface area contributed by atoms with Gasteiger partial charge in [0.15, 0.2) is 0 Å². The number of amides is 2. The van der Waals surface area contributed by atoms with E-state index in [9.17, 15) is 9.59 Å². The summed E-state index contributed by atoms with van der Waals surface area (Å²) in [5.74, 6) is 0.526. The van der Waals surface area contributed by atoms with Gasteiger partial charge in [0.05, 0.1) is 23.9 Å². The minimum absolute atomic E-state index is 0.0284. The van der Waals surface area contributed by atoms with Gasteiger partial charge >= 0.3 is 0 Å². The number of furan rings is 1. The second-order valence-corrected chi connectivity index (χ2v) is 7.71. The zero-order chi connectivity index (χ0) is 20.5. The first-order chi connectivity index (χ1) is 14.0. The molecule has 0 saturated carbocycles. The van der Waals surface area contributed by atoms with Crippen LogP contribution in [0.3, 0.4) is 0 Å². The van der Waals surface area contributed by atoms with Crippen molar-refractivity contribution in [2.75, 3.05) is 13.1 Å². The van der Waals surface area contributed by atoms with Crippen molar-refractivity contribution in [1.29, 1.82) is 0 Å². The van der Waals surface area contributed by atoms with Crippen LogP contribution in [0.25, 0.3) is 0 Å². The zero-order valence-corrected chi connectivity index (χ0v) is 16.8. The first-order valence-corrected chi connectivity index (χ1v) is 9.91. The van der Waals surface area contributed by atoms with Gasteiger partial charge in [-0.15, -0.1) is 0 Å². The van der Waals surface area contributed by atoms with Crippen molar-refractivity contribution in [3.8, 4) is 0 Å². The first-order valence-electron chi connectivity index (χ1n) is 9.91. The Kier molecular flexibility index (Phi) is 5.05. The highest BCUT2D eigenvalue weighted by molar-refractivity contribution is 5.96. The molecule has 1 atom stereocenters. The van der Waals surface area contributed by atoms with E-state index >= 15 is 0 Å². The maximum absolute atomic E-state index is 13.3. The first kappa shape index (κ1) is 19.1. The molecule has 7 nitrogen and oxygen atoms in total. The van der Waals surface area contributed by atoms with Crippen molar-refractivity contribution in [2.24, 2.45) is 5.73 Å². The van der Waals surface area contributed by atoms with Crippen LogP contribution in [0.1, 0.15) is 62.3 Å². The summed E-state index contributed by atoms with van der Waals surface area (Å²) in [6.45, 7) is 5.86. The summed E-state index contributed by atoms with van der Waals surface area (Å²) in [7, 11) is 0. The summed E-state index contributed by atoms with van der Waals surface area (Å²) in [5.41, 5.74) is 9.52. The number of nitrogens with zero attached hydrogens (tertiary/aromatic N) is 2. The van der Waals surface area contributed by atoms with Crippen LogP contribution in [0.2, 0.25) is 0 Å². The van der Waals surface area contributed by atoms with Gasteiger partial charge in [-0.1, -0.05) is 0 Å². The highest BCUT2D eigenvalue weighted by Gasteiger charge is 2.30. The number of piperidine rings is 1. The maximum Gasteiger partial charge on any atom is 0.255 e. The van der Waals surface area contributed by atoms with Crippen molar-refractivity contribution in [3.05, 3.63) is 70.7 Å². The quantitative estimate of drug-likeness (QED) is 0.695. The lowest BCUT2D eigenvalue weighted by atomic mass is 9.92. The number of aromatic amines is 1. The zero-order valence-electron chi connectivity index (χ0n) is 16.8. The van der Waals surface area contributed by atoms with Crippen LogP contribution < -0.4 is 5.73 Å². The number of hydrogen-bond donors (Lipinski definition) is 2.